The van der Waals surface area contributed by atoms with Crippen molar-refractivity contribution < 1.29 is 14.3 Å². The minimum atomic E-state index is -0.463. The summed E-state index contributed by atoms with van der Waals surface area (Å²) in [5.41, 5.74) is 1.13. The molecule has 0 aliphatic heterocycles. The summed E-state index contributed by atoms with van der Waals surface area (Å²) < 4.78 is 4.41. The molecule has 0 radical (unpaired) electrons. The highest BCUT2D eigenvalue weighted by Crippen LogP contribution is 2.06. The van der Waals surface area contributed by atoms with Crippen molar-refractivity contribution in [3.63, 3.8) is 0 Å². The van der Waals surface area contributed by atoms with Crippen molar-refractivity contribution in [3.8, 4) is 0 Å². The predicted octanol–water partition coefficient (Wildman–Crippen LogP) is 2.42. The van der Waals surface area contributed by atoms with Crippen LogP contribution in [0, 0.1) is 0 Å². The number of rotatable bonds is 6. The molecule has 0 spiro atoms. The average molecular weight is 210 g/mol. The fraction of sp³-hybridized carbons (Fsp3) is 0.500. The second-order valence-electron chi connectivity index (χ2n) is 3.33. The highest BCUT2D eigenvalue weighted by atomic mass is 16.5. The molecule has 84 valence electrons. The summed E-state index contributed by atoms with van der Waals surface area (Å²) in [4.78, 5) is 22.0. The van der Waals surface area contributed by atoms with Gasteiger partial charge in [0, 0.05) is 6.42 Å². The minimum absolute atomic E-state index is 0.0740. The molecule has 0 saturated carbocycles. The summed E-state index contributed by atoms with van der Waals surface area (Å²) in [5.74, 6) is -0.537. The van der Waals surface area contributed by atoms with Gasteiger partial charge in [-0.3, -0.25) is 9.59 Å². The van der Waals surface area contributed by atoms with E-state index in [2.05, 4.69) is 4.74 Å². The van der Waals surface area contributed by atoms with Crippen LogP contribution >= 0.6 is 0 Å². The summed E-state index contributed by atoms with van der Waals surface area (Å²) in [6.45, 7) is 3.90. The smallest absolute Gasteiger partial charge is 0.313 e. The second-order valence-corrected chi connectivity index (χ2v) is 3.33. The highest BCUT2D eigenvalue weighted by Gasteiger charge is 2.08. The number of esters is 1. The lowest BCUT2D eigenvalue weighted by molar-refractivity contribution is -0.143. The Morgan fingerprint density at radius 1 is 1.27 bits per heavy atom. The van der Waals surface area contributed by atoms with E-state index in [0.29, 0.717) is 12.8 Å². The third-order valence-corrected chi connectivity index (χ3v) is 1.94. The lowest BCUT2D eigenvalue weighted by Crippen LogP contribution is -2.08. The van der Waals surface area contributed by atoms with Crippen LogP contribution < -0.4 is 0 Å². The molecule has 0 aromatic rings. The van der Waals surface area contributed by atoms with Crippen LogP contribution in [0.4, 0.5) is 0 Å². The van der Waals surface area contributed by atoms with Crippen molar-refractivity contribution in [3.05, 3.63) is 23.8 Å². The van der Waals surface area contributed by atoms with Gasteiger partial charge in [0.15, 0.2) is 0 Å². The molecule has 0 bridgehead atoms. The molecule has 3 heteroatoms. The van der Waals surface area contributed by atoms with E-state index in [1.807, 2.05) is 32.1 Å². The zero-order valence-corrected chi connectivity index (χ0v) is 9.58. The van der Waals surface area contributed by atoms with Crippen molar-refractivity contribution in [1.29, 1.82) is 0 Å². The normalized spacial score (nSPS) is 11.8. The third kappa shape index (κ3) is 7.67. The molecule has 0 amide bonds. The van der Waals surface area contributed by atoms with Gasteiger partial charge < -0.3 is 4.74 Å². The SMILES string of the molecule is C/C=C/C=C(\C)CCC(=O)CC(=O)OC. The van der Waals surface area contributed by atoms with E-state index in [-0.39, 0.29) is 12.2 Å². The summed E-state index contributed by atoms with van der Waals surface area (Å²) in [7, 11) is 1.28. The molecule has 15 heavy (non-hydrogen) atoms. The second kappa shape index (κ2) is 7.97. The largest absolute Gasteiger partial charge is 0.469 e. The standard InChI is InChI=1S/C12H18O3/c1-4-5-6-10(2)7-8-11(13)9-12(14)15-3/h4-6H,7-9H2,1-3H3/b5-4+,10-6+. The number of ether oxygens (including phenoxy) is 1. The van der Waals surface area contributed by atoms with E-state index >= 15 is 0 Å². The maximum atomic E-state index is 11.2. The fourth-order valence-electron chi connectivity index (χ4n) is 1.00. The maximum absolute atomic E-state index is 11.2. The van der Waals surface area contributed by atoms with Gasteiger partial charge in [0.2, 0.25) is 0 Å². The van der Waals surface area contributed by atoms with Gasteiger partial charge in [-0.25, -0.2) is 0 Å². The van der Waals surface area contributed by atoms with Crippen LogP contribution in [-0.2, 0) is 14.3 Å². The van der Waals surface area contributed by atoms with Gasteiger partial charge in [-0.05, 0) is 20.3 Å². The van der Waals surface area contributed by atoms with Crippen LogP contribution in [0.15, 0.2) is 23.8 Å². The van der Waals surface area contributed by atoms with Crippen LogP contribution in [0.25, 0.3) is 0 Å². The zero-order valence-electron chi connectivity index (χ0n) is 9.58. The molecule has 0 heterocycles. The molecule has 0 N–H and O–H groups in total. The molecule has 0 aromatic heterocycles. The zero-order chi connectivity index (χ0) is 11.7. The topological polar surface area (TPSA) is 43.4 Å². The number of ketones is 1. The van der Waals surface area contributed by atoms with Gasteiger partial charge >= 0.3 is 5.97 Å². The number of Topliss-reactive ketones (excluding diaryl/α,β-unsaturated/α-hetero) is 1. The van der Waals surface area contributed by atoms with E-state index in [0.717, 1.165) is 5.57 Å². The van der Waals surface area contributed by atoms with Crippen LogP contribution in [-0.4, -0.2) is 18.9 Å². The average Bonchev–Trinajstić information content (AvgIpc) is 2.23. The molecule has 3 nitrogen and oxygen atoms in total. The number of allylic oxidation sites excluding steroid dienone is 4. The quantitative estimate of drug-likeness (QED) is 0.384. The Morgan fingerprint density at radius 3 is 2.47 bits per heavy atom. The summed E-state index contributed by atoms with van der Waals surface area (Å²) in [5, 5.41) is 0. The first-order valence-electron chi connectivity index (χ1n) is 4.97. The summed E-state index contributed by atoms with van der Waals surface area (Å²) in [6.07, 6.45) is 6.80. The first kappa shape index (κ1) is 13.6. The first-order valence-corrected chi connectivity index (χ1v) is 4.97. The summed E-state index contributed by atoms with van der Waals surface area (Å²) in [6, 6.07) is 0. The van der Waals surface area contributed by atoms with Crippen molar-refractivity contribution in [2.45, 2.75) is 33.1 Å². The Bertz CT molecular complexity index is 275. The Hall–Kier alpha value is -1.38. The molecule has 0 fully saturated rings. The molecule has 0 unspecified atom stereocenters. The maximum Gasteiger partial charge on any atom is 0.313 e. The molecular formula is C12H18O3. The number of hydrogen-bond donors (Lipinski definition) is 0. The Morgan fingerprint density at radius 2 is 1.93 bits per heavy atom. The van der Waals surface area contributed by atoms with Crippen molar-refractivity contribution in [2.75, 3.05) is 7.11 Å². The molecule has 0 aliphatic rings. The van der Waals surface area contributed by atoms with Crippen molar-refractivity contribution >= 4 is 11.8 Å². The highest BCUT2D eigenvalue weighted by molar-refractivity contribution is 5.95. The van der Waals surface area contributed by atoms with Crippen LogP contribution in [0.3, 0.4) is 0 Å². The first-order chi connectivity index (χ1) is 7.10. The van der Waals surface area contributed by atoms with Gasteiger partial charge in [0.1, 0.15) is 12.2 Å². The van der Waals surface area contributed by atoms with Gasteiger partial charge in [0.05, 0.1) is 7.11 Å². The Labute approximate surface area is 90.8 Å². The number of hydrogen-bond acceptors (Lipinski definition) is 3. The number of carbonyl (C=O) groups is 2. The molecule has 0 aromatic carbocycles. The van der Waals surface area contributed by atoms with Gasteiger partial charge in [-0.15, -0.1) is 0 Å². The van der Waals surface area contributed by atoms with Gasteiger partial charge in [-0.1, -0.05) is 23.8 Å². The lowest BCUT2D eigenvalue weighted by atomic mass is 10.1. The Kier molecular flexibility index (Phi) is 7.24. The van der Waals surface area contributed by atoms with Crippen molar-refractivity contribution in [2.24, 2.45) is 0 Å². The molecule has 0 atom stereocenters. The van der Waals surface area contributed by atoms with Gasteiger partial charge in [0.25, 0.3) is 0 Å². The van der Waals surface area contributed by atoms with E-state index in [9.17, 15) is 9.59 Å². The van der Waals surface area contributed by atoms with Gasteiger partial charge in [-0.2, -0.15) is 0 Å². The molecule has 0 rings (SSSR count). The molecule has 0 aliphatic carbocycles. The summed E-state index contributed by atoms with van der Waals surface area (Å²) >= 11 is 0. The van der Waals surface area contributed by atoms with E-state index in [4.69, 9.17) is 0 Å². The predicted molar refractivity (Wildman–Crippen MR) is 59.4 cm³/mol. The Balaban J connectivity index is 3.85. The van der Waals surface area contributed by atoms with Crippen LogP contribution in [0.5, 0.6) is 0 Å². The van der Waals surface area contributed by atoms with E-state index in [1.54, 1.807) is 0 Å². The van der Waals surface area contributed by atoms with Crippen molar-refractivity contribution in [1.82, 2.24) is 0 Å². The van der Waals surface area contributed by atoms with Crippen LogP contribution in [0.1, 0.15) is 33.1 Å². The van der Waals surface area contributed by atoms with E-state index in [1.165, 1.54) is 7.11 Å². The monoisotopic (exact) mass is 210 g/mol. The number of methoxy groups -OCH3 is 1. The lowest BCUT2D eigenvalue weighted by Gasteiger charge is -2.00. The van der Waals surface area contributed by atoms with Crippen LogP contribution in [0.2, 0.25) is 0 Å². The molecule has 0 saturated heterocycles. The minimum Gasteiger partial charge on any atom is -0.469 e. The fourth-order valence-corrected chi connectivity index (χ4v) is 1.00. The third-order valence-electron chi connectivity index (χ3n) is 1.94. The van der Waals surface area contributed by atoms with E-state index < -0.39 is 5.97 Å². The molecular weight excluding hydrogens is 192 g/mol. The number of carbonyl (C=O) groups excluding carboxylic acids is 2.